The molecule has 1 aromatic carbocycles. The summed E-state index contributed by atoms with van der Waals surface area (Å²) in [5, 5.41) is 12.4. The van der Waals surface area contributed by atoms with E-state index < -0.39 is 0 Å². The molecule has 2 rings (SSSR count). The molecular formula is C15H16N2O2. The molecule has 0 aliphatic carbocycles. The third-order valence-corrected chi connectivity index (χ3v) is 2.97. The fourth-order valence-corrected chi connectivity index (χ4v) is 1.86. The van der Waals surface area contributed by atoms with Crippen molar-refractivity contribution >= 4 is 0 Å². The molecule has 1 atom stereocenters. The fourth-order valence-electron chi connectivity index (χ4n) is 1.86. The molecule has 19 heavy (non-hydrogen) atoms. The minimum atomic E-state index is 0.127. The van der Waals surface area contributed by atoms with E-state index in [9.17, 15) is 0 Å². The van der Waals surface area contributed by atoms with Crippen LogP contribution in [0.4, 0.5) is 0 Å². The largest absolute Gasteiger partial charge is 0.495 e. The number of ether oxygens (including phenoxy) is 1. The third kappa shape index (κ3) is 3.15. The minimum Gasteiger partial charge on any atom is -0.495 e. The first kappa shape index (κ1) is 13.2. The van der Waals surface area contributed by atoms with E-state index in [1.807, 2.05) is 37.3 Å². The van der Waals surface area contributed by atoms with Crippen LogP contribution in [0.2, 0.25) is 0 Å². The highest BCUT2D eigenvalue weighted by Gasteiger charge is 2.08. The zero-order valence-electron chi connectivity index (χ0n) is 11.0. The van der Waals surface area contributed by atoms with E-state index in [0.717, 1.165) is 11.3 Å². The Balaban J connectivity index is 2.02. The summed E-state index contributed by atoms with van der Waals surface area (Å²) < 4.78 is 10.4. The van der Waals surface area contributed by atoms with Crippen LogP contribution in [-0.4, -0.2) is 7.11 Å². The molecule has 98 valence electrons. The summed E-state index contributed by atoms with van der Waals surface area (Å²) in [6, 6.07) is 11.7. The van der Waals surface area contributed by atoms with Crippen molar-refractivity contribution in [1.29, 1.82) is 5.26 Å². The first-order valence-electron chi connectivity index (χ1n) is 6.08. The topological polar surface area (TPSA) is 58.2 Å². The van der Waals surface area contributed by atoms with Crippen molar-refractivity contribution < 1.29 is 9.15 Å². The van der Waals surface area contributed by atoms with Gasteiger partial charge in [-0.2, -0.15) is 5.26 Å². The summed E-state index contributed by atoms with van der Waals surface area (Å²) in [7, 11) is 1.56. The second kappa shape index (κ2) is 6.07. The lowest BCUT2D eigenvalue weighted by molar-refractivity contribution is 0.412. The Bertz CT molecular complexity index is 570. The molecule has 0 fully saturated rings. The summed E-state index contributed by atoms with van der Waals surface area (Å²) in [5.74, 6) is 1.50. The highest BCUT2D eigenvalue weighted by atomic mass is 16.5. The van der Waals surface area contributed by atoms with E-state index in [4.69, 9.17) is 14.4 Å². The molecule has 1 N–H and O–H groups in total. The number of nitrogens with one attached hydrogen (secondary N) is 1. The van der Waals surface area contributed by atoms with Crippen molar-refractivity contribution in [2.45, 2.75) is 19.5 Å². The molecule has 0 saturated carbocycles. The molecule has 2 aromatic rings. The maximum absolute atomic E-state index is 9.04. The molecule has 0 spiro atoms. The average molecular weight is 256 g/mol. The number of hydrogen-bond acceptors (Lipinski definition) is 4. The summed E-state index contributed by atoms with van der Waals surface area (Å²) in [6.07, 6.45) is 1.66. The number of furan rings is 1. The molecule has 1 heterocycles. The van der Waals surface area contributed by atoms with Crippen molar-refractivity contribution in [2.24, 2.45) is 0 Å². The van der Waals surface area contributed by atoms with Gasteiger partial charge in [-0.25, -0.2) is 0 Å². The van der Waals surface area contributed by atoms with Crippen LogP contribution in [0.3, 0.4) is 0 Å². The first-order chi connectivity index (χ1) is 9.24. The zero-order valence-corrected chi connectivity index (χ0v) is 11.0. The molecule has 0 radical (unpaired) electrons. The monoisotopic (exact) mass is 256 g/mol. The summed E-state index contributed by atoms with van der Waals surface area (Å²) >= 11 is 0. The molecule has 0 saturated heterocycles. The van der Waals surface area contributed by atoms with Crippen LogP contribution in [0.1, 0.15) is 29.9 Å². The van der Waals surface area contributed by atoms with Gasteiger partial charge in [0.25, 0.3) is 0 Å². The van der Waals surface area contributed by atoms with E-state index in [-0.39, 0.29) is 6.04 Å². The average Bonchev–Trinajstić information content (AvgIpc) is 2.98. The maximum Gasteiger partial charge on any atom is 0.136 e. The number of nitrogens with zero attached hydrogens (tertiary/aromatic N) is 1. The van der Waals surface area contributed by atoms with Gasteiger partial charge in [-0.3, -0.25) is 0 Å². The van der Waals surface area contributed by atoms with E-state index >= 15 is 0 Å². The number of methoxy groups -OCH3 is 1. The maximum atomic E-state index is 9.04. The van der Waals surface area contributed by atoms with Crippen molar-refractivity contribution in [3.05, 3.63) is 53.5 Å². The summed E-state index contributed by atoms with van der Waals surface area (Å²) in [6.45, 7) is 2.70. The number of hydrogen-bond donors (Lipinski definition) is 1. The van der Waals surface area contributed by atoms with Gasteiger partial charge in [0.15, 0.2) is 0 Å². The highest BCUT2D eigenvalue weighted by Crippen LogP contribution is 2.19. The van der Waals surface area contributed by atoms with Crippen molar-refractivity contribution in [3.63, 3.8) is 0 Å². The lowest BCUT2D eigenvalue weighted by atomic mass is 10.1. The number of rotatable bonds is 5. The van der Waals surface area contributed by atoms with Crippen LogP contribution < -0.4 is 10.1 Å². The van der Waals surface area contributed by atoms with Crippen LogP contribution in [0.25, 0.3) is 0 Å². The Hall–Kier alpha value is -2.25. The van der Waals surface area contributed by atoms with E-state index in [1.54, 1.807) is 13.4 Å². The van der Waals surface area contributed by atoms with Gasteiger partial charge in [0.2, 0.25) is 0 Å². The molecule has 0 aliphatic rings. The first-order valence-corrected chi connectivity index (χ1v) is 6.08. The second-order valence-electron chi connectivity index (χ2n) is 4.26. The quantitative estimate of drug-likeness (QED) is 0.893. The minimum absolute atomic E-state index is 0.127. The standard InChI is InChI=1S/C15H16N2O2/c1-11(14-4-3-7-19-14)17-10-12-5-6-15(18-2)13(8-12)9-16/h3-8,11,17H,10H2,1-2H3. The molecule has 1 unspecified atom stereocenters. The van der Waals surface area contributed by atoms with Gasteiger partial charge in [-0.1, -0.05) is 6.07 Å². The Morgan fingerprint density at radius 1 is 1.42 bits per heavy atom. The van der Waals surface area contributed by atoms with Gasteiger partial charge in [0, 0.05) is 6.54 Å². The summed E-state index contributed by atoms with van der Waals surface area (Å²) in [5.41, 5.74) is 1.59. The predicted octanol–water partition coefficient (Wildman–Crippen LogP) is 3.01. The Labute approximate surface area is 112 Å². The molecule has 1 aromatic heterocycles. The van der Waals surface area contributed by atoms with Crippen LogP contribution in [-0.2, 0) is 6.54 Å². The smallest absolute Gasteiger partial charge is 0.136 e. The Kier molecular flexibility index (Phi) is 4.22. The zero-order chi connectivity index (χ0) is 13.7. The van der Waals surface area contributed by atoms with Crippen molar-refractivity contribution in [3.8, 4) is 11.8 Å². The molecule has 4 heteroatoms. The Morgan fingerprint density at radius 2 is 2.26 bits per heavy atom. The van der Waals surface area contributed by atoms with E-state index in [0.29, 0.717) is 17.9 Å². The number of nitriles is 1. The lowest BCUT2D eigenvalue weighted by Crippen LogP contribution is -2.17. The van der Waals surface area contributed by atoms with Gasteiger partial charge in [0.05, 0.1) is 25.0 Å². The summed E-state index contributed by atoms with van der Waals surface area (Å²) in [4.78, 5) is 0. The van der Waals surface area contributed by atoms with Crippen molar-refractivity contribution in [2.75, 3.05) is 7.11 Å². The van der Waals surface area contributed by atoms with Gasteiger partial charge >= 0.3 is 0 Å². The molecule has 0 bridgehead atoms. The van der Waals surface area contributed by atoms with E-state index in [1.165, 1.54) is 0 Å². The van der Waals surface area contributed by atoms with Crippen molar-refractivity contribution in [1.82, 2.24) is 5.32 Å². The van der Waals surface area contributed by atoms with Gasteiger partial charge in [-0.15, -0.1) is 0 Å². The SMILES string of the molecule is COc1ccc(CNC(C)c2ccco2)cc1C#N. The highest BCUT2D eigenvalue weighted by molar-refractivity contribution is 5.45. The van der Waals surface area contributed by atoms with Gasteiger partial charge < -0.3 is 14.5 Å². The van der Waals surface area contributed by atoms with E-state index in [2.05, 4.69) is 11.4 Å². The number of benzene rings is 1. The Morgan fingerprint density at radius 3 is 2.89 bits per heavy atom. The second-order valence-corrected chi connectivity index (χ2v) is 4.26. The third-order valence-electron chi connectivity index (χ3n) is 2.97. The molecular weight excluding hydrogens is 240 g/mol. The van der Waals surface area contributed by atoms with Crippen LogP contribution in [0, 0.1) is 11.3 Å². The fraction of sp³-hybridized carbons (Fsp3) is 0.267. The predicted molar refractivity (Wildman–Crippen MR) is 71.7 cm³/mol. The van der Waals surface area contributed by atoms with Gasteiger partial charge in [-0.05, 0) is 36.8 Å². The van der Waals surface area contributed by atoms with Crippen LogP contribution >= 0.6 is 0 Å². The van der Waals surface area contributed by atoms with Crippen LogP contribution in [0.15, 0.2) is 41.0 Å². The molecule has 4 nitrogen and oxygen atoms in total. The molecule has 0 amide bonds. The molecule has 0 aliphatic heterocycles. The lowest BCUT2D eigenvalue weighted by Gasteiger charge is -2.12. The van der Waals surface area contributed by atoms with Crippen LogP contribution in [0.5, 0.6) is 5.75 Å². The normalized spacial score (nSPS) is 11.8. The van der Waals surface area contributed by atoms with Gasteiger partial charge in [0.1, 0.15) is 17.6 Å².